The molecule has 1 saturated heterocycles. The summed E-state index contributed by atoms with van der Waals surface area (Å²) in [5.74, 6) is 1.70. The molecule has 1 aliphatic heterocycles. The van der Waals surface area contributed by atoms with Gasteiger partial charge in [0.15, 0.2) is 5.96 Å². The second kappa shape index (κ2) is 12.0. The molecule has 2 rings (SSSR count). The minimum atomic E-state index is 0. The Morgan fingerprint density at radius 3 is 2.38 bits per heavy atom. The van der Waals surface area contributed by atoms with Gasteiger partial charge in [-0.05, 0) is 38.3 Å². The fraction of sp³-hybridized carbons (Fsp3) is 0.895. The largest absolute Gasteiger partial charge is 0.353 e. The smallest absolute Gasteiger partial charge is 0.243 e. The summed E-state index contributed by atoms with van der Waals surface area (Å²) in [6.45, 7) is 10.2. The van der Waals surface area contributed by atoms with Crippen molar-refractivity contribution in [2.24, 2.45) is 10.9 Å². The van der Waals surface area contributed by atoms with Gasteiger partial charge in [-0.3, -0.25) is 4.79 Å². The molecule has 1 saturated carbocycles. The summed E-state index contributed by atoms with van der Waals surface area (Å²) in [6.07, 6.45) is 6.25. The summed E-state index contributed by atoms with van der Waals surface area (Å²) in [4.78, 5) is 23.1. The predicted molar refractivity (Wildman–Crippen MR) is 119 cm³/mol. The third-order valence-corrected chi connectivity index (χ3v) is 5.55. The zero-order valence-corrected chi connectivity index (χ0v) is 19.4. The quantitative estimate of drug-likeness (QED) is 0.346. The van der Waals surface area contributed by atoms with Gasteiger partial charge in [-0.1, -0.05) is 26.7 Å². The molecule has 1 unspecified atom stereocenters. The lowest BCUT2D eigenvalue weighted by Gasteiger charge is -2.26. The van der Waals surface area contributed by atoms with Crippen molar-refractivity contribution in [3.05, 3.63) is 0 Å². The van der Waals surface area contributed by atoms with Crippen LogP contribution in [0.4, 0.5) is 0 Å². The number of carbonyl (C=O) groups excluding carboxylic acids is 1. The Kier molecular flexibility index (Phi) is 10.8. The van der Waals surface area contributed by atoms with Crippen LogP contribution in [0.1, 0.15) is 46.0 Å². The van der Waals surface area contributed by atoms with Crippen molar-refractivity contribution >= 4 is 35.8 Å². The highest BCUT2D eigenvalue weighted by molar-refractivity contribution is 14.0. The van der Waals surface area contributed by atoms with Crippen molar-refractivity contribution < 1.29 is 4.79 Å². The summed E-state index contributed by atoms with van der Waals surface area (Å²) < 4.78 is 0. The van der Waals surface area contributed by atoms with Crippen molar-refractivity contribution in [1.29, 1.82) is 0 Å². The molecule has 0 aromatic heterocycles. The number of aliphatic imine (C=N–C) groups is 1. The van der Waals surface area contributed by atoms with Crippen molar-refractivity contribution in [1.82, 2.24) is 20.0 Å². The molecule has 2 aliphatic rings. The van der Waals surface area contributed by atoms with E-state index in [1.807, 2.05) is 0 Å². The number of rotatable bonds is 7. The van der Waals surface area contributed by atoms with E-state index in [-0.39, 0.29) is 36.4 Å². The van der Waals surface area contributed by atoms with Crippen LogP contribution in [0.5, 0.6) is 0 Å². The zero-order chi connectivity index (χ0) is 18.2. The summed E-state index contributed by atoms with van der Waals surface area (Å²) >= 11 is 0. The standard InChI is InChI=1S/C19H37N5O.HI/c1-5-23(6-2)14-16-11-12-24(15-16)19(20-13-18(25)22(3)4)21-17-9-7-8-10-17;/h16-17H,5-15H2,1-4H3,(H,20,21);1H. The van der Waals surface area contributed by atoms with Crippen LogP contribution >= 0.6 is 24.0 Å². The minimum absolute atomic E-state index is 0. The average molecular weight is 479 g/mol. The second-order valence-corrected chi connectivity index (χ2v) is 7.64. The van der Waals surface area contributed by atoms with E-state index in [0.29, 0.717) is 12.0 Å². The van der Waals surface area contributed by atoms with Gasteiger partial charge in [0.25, 0.3) is 0 Å². The number of guanidine groups is 1. The Morgan fingerprint density at radius 1 is 1.15 bits per heavy atom. The third-order valence-electron chi connectivity index (χ3n) is 5.55. The first-order chi connectivity index (χ1) is 12.0. The lowest BCUT2D eigenvalue weighted by atomic mass is 10.1. The number of hydrogen-bond donors (Lipinski definition) is 1. The van der Waals surface area contributed by atoms with E-state index in [1.54, 1.807) is 19.0 Å². The molecule has 0 aromatic carbocycles. The van der Waals surface area contributed by atoms with Crippen LogP contribution in [0, 0.1) is 5.92 Å². The third kappa shape index (κ3) is 7.21. The highest BCUT2D eigenvalue weighted by Crippen LogP contribution is 2.21. The monoisotopic (exact) mass is 479 g/mol. The minimum Gasteiger partial charge on any atom is -0.353 e. The summed E-state index contributed by atoms with van der Waals surface area (Å²) in [7, 11) is 3.58. The second-order valence-electron chi connectivity index (χ2n) is 7.64. The van der Waals surface area contributed by atoms with E-state index in [1.165, 1.54) is 32.1 Å². The van der Waals surface area contributed by atoms with E-state index in [0.717, 1.165) is 38.7 Å². The number of amides is 1. The average Bonchev–Trinajstić information content (AvgIpc) is 3.27. The molecule has 0 bridgehead atoms. The number of nitrogens with zero attached hydrogens (tertiary/aromatic N) is 4. The fourth-order valence-electron chi connectivity index (χ4n) is 3.79. The van der Waals surface area contributed by atoms with E-state index < -0.39 is 0 Å². The summed E-state index contributed by atoms with van der Waals surface area (Å²) in [5, 5.41) is 3.65. The number of nitrogens with one attached hydrogen (secondary N) is 1. The van der Waals surface area contributed by atoms with Gasteiger partial charge in [0.1, 0.15) is 6.54 Å². The predicted octanol–water partition coefficient (Wildman–Crippen LogP) is 2.24. The lowest BCUT2D eigenvalue weighted by Crippen LogP contribution is -2.45. The van der Waals surface area contributed by atoms with Gasteiger partial charge in [-0.15, -0.1) is 24.0 Å². The van der Waals surface area contributed by atoms with Crippen molar-refractivity contribution in [3.63, 3.8) is 0 Å². The Balaban J connectivity index is 0.00000338. The van der Waals surface area contributed by atoms with E-state index >= 15 is 0 Å². The van der Waals surface area contributed by atoms with Gasteiger partial charge in [0.05, 0.1) is 0 Å². The molecular weight excluding hydrogens is 441 g/mol. The highest BCUT2D eigenvalue weighted by Gasteiger charge is 2.28. The van der Waals surface area contributed by atoms with Crippen LogP contribution in [-0.4, -0.2) is 86.0 Å². The molecular formula is C19H38IN5O. The first-order valence-corrected chi connectivity index (χ1v) is 10.0. The van der Waals surface area contributed by atoms with Crippen molar-refractivity contribution in [2.75, 3.05) is 53.4 Å². The number of carbonyl (C=O) groups is 1. The van der Waals surface area contributed by atoms with Crippen LogP contribution in [0.25, 0.3) is 0 Å². The molecule has 26 heavy (non-hydrogen) atoms. The first kappa shape index (κ1) is 23.5. The molecule has 0 aromatic rings. The maximum absolute atomic E-state index is 12.0. The highest BCUT2D eigenvalue weighted by atomic mass is 127. The molecule has 1 amide bonds. The fourth-order valence-corrected chi connectivity index (χ4v) is 3.79. The number of hydrogen-bond acceptors (Lipinski definition) is 3. The Bertz CT molecular complexity index is 447. The SMILES string of the molecule is CCN(CC)CC1CCN(C(=NCC(=O)N(C)C)NC2CCCC2)C1.I. The van der Waals surface area contributed by atoms with Crippen molar-refractivity contribution in [3.8, 4) is 0 Å². The molecule has 0 radical (unpaired) electrons. The molecule has 0 spiro atoms. The normalized spacial score (nSPS) is 21.2. The van der Waals surface area contributed by atoms with Gasteiger partial charge in [0.2, 0.25) is 5.91 Å². The topological polar surface area (TPSA) is 51.2 Å². The van der Waals surface area contributed by atoms with Gasteiger partial charge < -0.3 is 20.0 Å². The first-order valence-electron chi connectivity index (χ1n) is 10.0. The molecule has 1 aliphatic carbocycles. The van der Waals surface area contributed by atoms with Gasteiger partial charge in [-0.25, -0.2) is 4.99 Å². The van der Waals surface area contributed by atoms with Crippen LogP contribution in [0.3, 0.4) is 0 Å². The summed E-state index contributed by atoms with van der Waals surface area (Å²) in [5.41, 5.74) is 0. The van der Waals surface area contributed by atoms with E-state index in [2.05, 4.69) is 34.0 Å². The van der Waals surface area contributed by atoms with Gasteiger partial charge in [-0.2, -0.15) is 0 Å². The zero-order valence-electron chi connectivity index (χ0n) is 17.0. The van der Waals surface area contributed by atoms with Crippen LogP contribution in [0.2, 0.25) is 0 Å². The lowest BCUT2D eigenvalue weighted by molar-refractivity contribution is -0.127. The number of likely N-dealkylation sites (tertiary alicyclic amines) is 1. The Morgan fingerprint density at radius 2 is 1.81 bits per heavy atom. The van der Waals surface area contributed by atoms with E-state index in [9.17, 15) is 4.79 Å². The molecule has 2 fully saturated rings. The van der Waals surface area contributed by atoms with Crippen LogP contribution < -0.4 is 5.32 Å². The molecule has 1 heterocycles. The Hall–Kier alpha value is -0.570. The number of halogens is 1. The maximum atomic E-state index is 12.0. The molecule has 1 atom stereocenters. The number of likely N-dealkylation sites (N-methyl/N-ethyl adjacent to an activating group) is 1. The van der Waals surface area contributed by atoms with Crippen molar-refractivity contribution in [2.45, 2.75) is 52.0 Å². The van der Waals surface area contributed by atoms with Gasteiger partial charge in [0, 0.05) is 39.8 Å². The Labute approximate surface area is 176 Å². The summed E-state index contributed by atoms with van der Waals surface area (Å²) in [6, 6.07) is 0.523. The molecule has 1 N–H and O–H groups in total. The van der Waals surface area contributed by atoms with E-state index in [4.69, 9.17) is 0 Å². The molecule has 7 heteroatoms. The molecule has 152 valence electrons. The van der Waals surface area contributed by atoms with Gasteiger partial charge >= 0.3 is 0 Å². The molecule has 6 nitrogen and oxygen atoms in total. The van der Waals surface area contributed by atoms with Crippen LogP contribution in [0.15, 0.2) is 4.99 Å². The van der Waals surface area contributed by atoms with Crippen LogP contribution in [-0.2, 0) is 4.79 Å². The maximum Gasteiger partial charge on any atom is 0.243 e.